The van der Waals surface area contributed by atoms with Crippen molar-refractivity contribution in [2.75, 3.05) is 5.32 Å². The zero-order chi connectivity index (χ0) is 16.9. The van der Waals surface area contributed by atoms with Gasteiger partial charge in [0, 0.05) is 6.20 Å². The van der Waals surface area contributed by atoms with Crippen molar-refractivity contribution in [3.63, 3.8) is 0 Å². The maximum absolute atomic E-state index is 13.1. The molecular weight excluding hydrogens is 309 g/mol. The molecule has 1 aromatic heterocycles. The number of anilines is 1. The van der Waals surface area contributed by atoms with E-state index in [1.54, 1.807) is 30.5 Å². The van der Waals surface area contributed by atoms with Crippen molar-refractivity contribution in [3.05, 3.63) is 60.2 Å². The molecular formula is C18H18FN3O2. The summed E-state index contributed by atoms with van der Waals surface area (Å²) in [6, 6.07) is 9.07. The van der Waals surface area contributed by atoms with E-state index in [1.807, 2.05) is 0 Å². The molecule has 1 aromatic carbocycles. The number of nitrogens with zero attached hydrogens (tertiary/aromatic N) is 1. The molecule has 2 N–H and O–H groups in total. The first-order chi connectivity index (χ1) is 11.6. The summed E-state index contributed by atoms with van der Waals surface area (Å²) in [4.78, 5) is 28.2. The summed E-state index contributed by atoms with van der Waals surface area (Å²) in [5, 5.41) is 5.29. The lowest BCUT2D eigenvalue weighted by Crippen LogP contribution is -2.41. The van der Waals surface area contributed by atoms with E-state index in [2.05, 4.69) is 15.6 Å². The third-order valence-electron chi connectivity index (χ3n) is 4.26. The molecule has 0 radical (unpaired) electrons. The Balaban J connectivity index is 1.69. The standard InChI is InChI=1S/C18H18FN3O2/c19-14-8-6-13(7-9-14)16(12-3-1-4-12)22-18(24)17(23)21-15-5-2-10-20-11-15/h2,5-12,16H,1,3-4H2,(H,21,23)(H,22,24)/t16-/m0/s1. The summed E-state index contributed by atoms with van der Waals surface area (Å²) >= 11 is 0. The van der Waals surface area contributed by atoms with Crippen LogP contribution in [0, 0.1) is 11.7 Å². The van der Waals surface area contributed by atoms with E-state index in [-0.39, 0.29) is 17.8 Å². The number of amides is 2. The van der Waals surface area contributed by atoms with Crippen molar-refractivity contribution in [2.45, 2.75) is 25.3 Å². The molecule has 1 fully saturated rings. The number of aromatic nitrogens is 1. The third-order valence-corrected chi connectivity index (χ3v) is 4.26. The maximum Gasteiger partial charge on any atom is 0.313 e. The van der Waals surface area contributed by atoms with E-state index < -0.39 is 11.8 Å². The number of halogens is 1. The SMILES string of the molecule is O=C(Nc1cccnc1)C(=O)N[C@H](c1ccc(F)cc1)C1CCC1. The Morgan fingerprint density at radius 2 is 1.88 bits per heavy atom. The number of carbonyl (C=O) groups is 2. The first-order valence-corrected chi connectivity index (χ1v) is 7.91. The van der Waals surface area contributed by atoms with Crippen LogP contribution in [0.4, 0.5) is 10.1 Å². The Bertz CT molecular complexity index is 715. The van der Waals surface area contributed by atoms with E-state index >= 15 is 0 Å². The number of pyridine rings is 1. The molecule has 2 amide bonds. The second-order valence-corrected chi connectivity index (χ2v) is 5.89. The van der Waals surface area contributed by atoms with Crippen LogP contribution in [0.2, 0.25) is 0 Å². The number of carbonyl (C=O) groups excluding carboxylic acids is 2. The first kappa shape index (κ1) is 16.1. The summed E-state index contributed by atoms with van der Waals surface area (Å²) < 4.78 is 13.1. The topological polar surface area (TPSA) is 71.1 Å². The molecule has 1 atom stereocenters. The fourth-order valence-corrected chi connectivity index (χ4v) is 2.75. The van der Waals surface area contributed by atoms with Crippen molar-refractivity contribution in [1.29, 1.82) is 0 Å². The fourth-order valence-electron chi connectivity index (χ4n) is 2.75. The van der Waals surface area contributed by atoms with Gasteiger partial charge in [-0.25, -0.2) is 4.39 Å². The number of hydrogen-bond donors (Lipinski definition) is 2. The predicted octanol–water partition coefficient (Wildman–Crippen LogP) is 2.82. The summed E-state index contributed by atoms with van der Waals surface area (Å²) in [6.07, 6.45) is 6.10. The van der Waals surface area contributed by atoms with Gasteiger partial charge >= 0.3 is 11.8 Å². The lowest BCUT2D eigenvalue weighted by molar-refractivity contribution is -0.137. The average Bonchev–Trinajstić information content (AvgIpc) is 2.54. The Labute approximate surface area is 139 Å². The monoisotopic (exact) mass is 327 g/mol. The molecule has 2 aromatic rings. The Kier molecular flexibility index (Phi) is 4.84. The third kappa shape index (κ3) is 3.76. The molecule has 24 heavy (non-hydrogen) atoms. The van der Waals surface area contributed by atoms with E-state index in [0.29, 0.717) is 5.69 Å². The minimum Gasteiger partial charge on any atom is -0.341 e. The zero-order valence-corrected chi connectivity index (χ0v) is 13.0. The van der Waals surface area contributed by atoms with Gasteiger partial charge in [0.1, 0.15) is 5.82 Å². The highest BCUT2D eigenvalue weighted by Crippen LogP contribution is 2.37. The van der Waals surface area contributed by atoms with Crippen LogP contribution in [0.15, 0.2) is 48.8 Å². The van der Waals surface area contributed by atoms with Crippen LogP contribution in [0.3, 0.4) is 0 Å². The largest absolute Gasteiger partial charge is 0.341 e. The lowest BCUT2D eigenvalue weighted by atomic mass is 9.77. The summed E-state index contributed by atoms with van der Waals surface area (Å²) in [7, 11) is 0. The van der Waals surface area contributed by atoms with Gasteiger partial charge in [-0.15, -0.1) is 0 Å². The van der Waals surface area contributed by atoms with Crippen LogP contribution in [-0.4, -0.2) is 16.8 Å². The van der Waals surface area contributed by atoms with Crippen molar-refractivity contribution in [1.82, 2.24) is 10.3 Å². The lowest BCUT2D eigenvalue weighted by Gasteiger charge is -2.34. The molecule has 0 bridgehead atoms. The van der Waals surface area contributed by atoms with Gasteiger partial charge in [-0.2, -0.15) is 0 Å². The van der Waals surface area contributed by atoms with Crippen molar-refractivity contribution in [3.8, 4) is 0 Å². The minimum absolute atomic E-state index is 0.269. The van der Waals surface area contributed by atoms with Crippen LogP contribution < -0.4 is 10.6 Å². The second-order valence-electron chi connectivity index (χ2n) is 5.89. The van der Waals surface area contributed by atoms with E-state index in [0.717, 1.165) is 24.8 Å². The highest BCUT2D eigenvalue weighted by molar-refractivity contribution is 6.39. The highest BCUT2D eigenvalue weighted by atomic mass is 19.1. The smallest absolute Gasteiger partial charge is 0.313 e. The van der Waals surface area contributed by atoms with Gasteiger partial charge in [0.25, 0.3) is 0 Å². The molecule has 1 saturated carbocycles. The highest BCUT2D eigenvalue weighted by Gasteiger charge is 2.31. The molecule has 0 saturated heterocycles. The van der Waals surface area contributed by atoms with Crippen LogP contribution >= 0.6 is 0 Å². The number of nitrogens with one attached hydrogen (secondary N) is 2. The molecule has 6 heteroatoms. The number of benzene rings is 1. The van der Waals surface area contributed by atoms with Crippen LogP contribution in [0.5, 0.6) is 0 Å². The number of hydrogen-bond acceptors (Lipinski definition) is 3. The minimum atomic E-state index is -0.741. The molecule has 1 aliphatic carbocycles. The van der Waals surface area contributed by atoms with Gasteiger partial charge in [0.15, 0.2) is 0 Å². The number of rotatable bonds is 4. The van der Waals surface area contributed by atoms with Crippen molar-refractivity contribution < 1.29 is 14.0 Å². The van der Waals surface area contributed by atoms with E-state index in [9.17, 15) is 14.0 Å². The summed E-state index contributed by atoms with van der Waals surface area (Å²) in [5.41, 5.74) is 1.27. The molecule has 0 unspecified atom stereocenters. The Morgan fingerprint density at radius 1 is 1.12 bits per heavy atom. The van der Waals surface area contributed by atoms with Gasteiger partial charge in [0.05, 0.1) is 17.9 Å². The predicted molar refractivity (Wildman–Crippen MR) is 87.5 cm³/mol. The maximum atomic E-state index is 13.1. The molecule has 3 rings (SSSR count). The molecule has 1 aliphatic rings. The second kappa shape index (κ2) is 7.21. The van der Waals surface area contributed by atoms with E-state index in [4.69, 9.17) is 0 Å². The molecule has 124 valence electrons. The van der Waals surface area contributed by atoms with Gasteiger partial charge in [-0.3, -0.25) is 14.6 Å². The Morgan fingerprint density at radius 3 is 2.46 bits per heavy atom. The van der Waals surface area contributed by atoms with E-state index in [1.165, 1.54) is 18.3 Å². The normalized spacial score (nSPS) is 15.2. The molecule has 0 spiro atoms. The van der Waals surface area contributed by atoms with Gasteiger partial charge in [0.2, 0.25) is 0 Å². The van der Waals surface area contributed by atoms with Gasteiger partial charge in [-0.05, 0) is 48.6 Å². The van der Waals surface area contributed by atoms with Gasteiger partial charge < -0.3 is 10.6 Å². The molecule has 1 heterocycles. The van der Waals surface area contributed by atoms with Crippen LogP contribution in [-0.2, 0) is 9.59 Å². The first-order valence-electron chi connectivity index (χ1n) is 7.91. The van der Waals surface area contributed by atoms with Gasteiger partial charge in [-0.1, -0.05) is 18.6 Å². The van der Waals surface area contributed by atoms with Crippen molar-refractivity contribution >= 4 is 17.5 Å². The quantitative estimate of drug-likeness (QED) is 0.848. The Hall–Kier alpha value is -2.76. The average molecular weight is 327 g/mol. The fraction of sp³-hybridized carbons (Fsp3) is 0.278. The summed E-state index contributed by atoms with van der Waals surface area (Å²) in [5.74, 6) is -1.51. The molecule has 0 aliphatic heterocycles. The molecule has 5 nitrogen and oxygen atoms in total. The zero-order valence-electron chi connectivity index (χ0n) is 13.0. The van der Waals surface area contributed by atoms with Crippen molar-refractivity contribution in [2.24, 2.45) is 5.92 Å². The van der Waals surface area contributed by atoms with Crippen LogP contribution in [0.1, 0.15) is 30.9 Å². The van der Waals surface area contributed by atoms with Crippen LogP contribution in [0.25, 0.3) is 0 Å². The summed E-state index contributed by atoms with van der Waals surface area (Å²) in [6.45, 7) is 0.